The molecule has 0 aromatic heterocycles. The Kier molecular flexibility index (Phi) is 4.69. The Bertz CT molecular complexity index is 646. The fourth-order valence-electron chi connectivity index (χ4n) is 2.93. The number of hydrogen-bond donors (Lipinski definition) is 1. The van der Waals surface area contributed by atoms with Crippen molar-refractivity contribution in [2.24, 2.45) is 11.8 Å². The molecule has 4 heteroatoms. The fraction of sp³-hybridized carbons (Fsp3) is 0.444. The van der Waals surface area contributed by atoms with Crippen LogP contribution in [-0.2, 0) is 9.59 Å². The summed E-state index contributed by atoms with van der Waals surface area (Å²) in [4.78, 5) is 24.0. The smallest absolute Gasteiger partial charge is 0.228 e. The molecule has 2 rings (SSSR count). The lowest BCUT2D eigenvalue weighted by Crippen LogP contribution is -2.42. The minimum atomic E-state index is -1.15. The van der Waals surface area contributed by atoms with Crippen LogP contribution in [0, 0.1) is 25.7 Å². The number of carboxylic acids is 1. The molecule has 2 atom stereocenters. The van der Waals surface area contributed by atoms with E-state index in [-0.39, 0.29) is 5.91 Å². The molecule has 4 nitrogen and oxygen atoms in total. The van der Waals surface area contributed by atoms with Gasteiger partial charge in [-0.15, -0.1) is 0 Å². The van der Waals surface area contributed by atoms with Crippen LogP contribution in [0.4, 0.5) is 5.69 Å². The molecule has 22 heavy (non-hydrogen) atoms. The molecule has 0 spiro atoms. The summed E-state index contributed by atoms with van der Waals surface area (Å²) in [7, 11) is 0. The Labute approximate surface area is 131 Å². The van der Waals surface area contributed by atoms with E-state index in [1.807, 2.05) is 45.9 Å². The van der Waals surface area contributed by atoms with E-state index in [1.54, 1.807) is 0 Å². The maximum absolute atomic E-state index is 12.6. The predicted octanol–water partition coefficient (Wildman–Crippen LogP) is 2.35. The number of carboxylic acid groups (broad SMARTS) is 1. The molecule has 0 saturated carbocycles. The largest absolute Gasteiger partial charge is 0.550 e. The van der Waals surface area contributed by atoms with Crippen molar-refractivity contribution in [1.29, 1.82) is 0 Å². The van der Waals surface area contributed by atoms with Gasteiger partial charge in [-0.3, -0.25) is 4.79 Å². The molecule has 1 aromatic rings. The van der Waals surface area contributed by atoms with E-state index in [2.05, 4.69) is 5.32 Å². The topological polar surface area (TPSA) is 69.2 Å². The van der Waals surface area contributed by atoms with Gasteiger partial charge in [0.05, 0.1) is 5.92 Å². The van der Waals surface area contributed by atoms with E-state index in [1.165, 1.54) is 0 Å². The molecule has 0 fully saturated rings. The minimum absolute atomic E-state index is 0.241. The van der Waals surface area contributed by atoms with Crippen molar-refractivity contribution in [2.75, 3.05) is 5.32 Å². The molecule has 1 aromatic carbocycles. The molecular formula is C18H22NO3-. The lowest BCUT2D eigenvalue weighted by atomic mass is 9.76. The van der Waals surface area contributed by atoms with Crippen LogP contribution in [0.5, 0.6) is 0 Å². The van der Waals surface area contributed by atoms with Crippen molar-refractivity contribution >= 4 is 17.6 Å². The lowest BCUT2D eigenvalue weighted by molar-refractivity contribution is -0.313. The highest BCUT2D eigenvalue weighted by Gasteiger charge is 2.33. The van der Waals surface area contributed by atoms with Gasteiger partial charge in [0, 0.05) is 17.6 Å². The highest BCUT2D eigenvalue weighted by molar-refractivity contribution is 5.96. The number of aliphatic carboxylic acids is 1. The summed E-state index contributed by atoms with van der Waals surface area (Å²) in [6, 6.07) is 5.70. The maximum Gasteiger partial charge on any atom is 0.228 e. The van der Waals surface area contributed by atoms with E-state index >= 15 is 0 Å². The van der Waals surface area contributed by atoms with Crippen molar-refractivity contribution < 1.29 is 14.7 Å². The Hall–Kier alpha value is -2.10. The molecular weight excluding hydrogens is 278 g/mol. The van der Waals surface area contributed by atoms with Crippen molar-refractivity contribution in [2.45, 2.75) is 40.5 Å². The number of carbonyl (C=O) groups is 2. The van der Waals surface area contributed by atoms with Crippen LogP contribution < -0.4 is 10.4 Å². The third kappa shape index (κ3) is 3.21. The Morgan fingerprint density at radius 1 is 1.05 bits per heavy atom. The van der Waals surface area contributed by atoms with Crippen LogP contribution in [0.1, 0.15) is 37.8 Å². The molecule has 1 amide bonds. The molecule has 0 saturated heterocycles. The first-order chi connectivity index (χ1) is 10.3. The summed E-state index contributed by atoms with van der Waals surface area (Å²) in [5.74, 6) is -2.72. The standard InChI is InChI=1S/C18H23NO3/c1-10-6-5-7-16(13(10)4)19-17(20)14-8-11(2)12(3)9-15(14)18(21)22/h5-7,14-15H,8-9H2,1-4H3,(H,19,20)(H,21,22)/p-1/t14-,15+/m0/s1. The molecule has 1 aliphatic carbocycles. The van der Waals surface area contributed by atoms with Crippen molar-refractivity contribution in [3.05, 3.63) is 40.5 Å². The van der Waals surface area contributed by atoms with E-state index < -0.39 is 17.8 Å². The second-order valence-electron chi connectivity index (χ2n) is 6.24. The van der Waals surface area contributed by atoms with Gasteiger partial charge in [0.2, 0.25) is 5.91 Å². The summed E-state index contributed by atoms with van der Waals surface area (Å²) in [5, 5.41) is 14.3. The van der Waals surface area contributed by atoms with E-state index in [0.717, 1.165) is 28.0 Å². The lowest BCUT2D eigenvalue weighted by Gasteiger charge is -2.33. The second-order valence-corrected chi connectivity index (χ2v) is 6.24. The van der Waals surface area contributed by atoms with Gasteiger partial charge in [-0.25, -0.2) is 0 Å². The van der Waals surface area contributed by atoms with E-state index in [9.17, 15) is 14.7 Å². The average molecular weight is 300 g/mol. The predicted molar refractivity (Wildman–Crippen MR) is 84.1 cm³/mol. The van der Waals surface area contributed by atoms with Gasteiger partial charge in [0.1, 0.15) is 0 Å². The zero-order valence-electron chi connectivity index (χ0n) is 13.5. The number of anilines is 1. The summed E-state index contributed by atoms with van der Waals surface area (Å²) in [5.41, 5.74) is 4.97. The van der Waals surface area contributed by atoms with Crippen LogP contribution in [0.2, 0.25) is 0 Å². The number of hydrogen-bond acceptors (Lipinski definition) is 3. The van der Waals surface area contributed by atoms with Crippen molar-refractivity contribution in [3.63, 3.8) is 0 Å². The number of amides is 1. The quantitative estimate of drug-likeness (QED) is 0.871. The Balaban J connectivity index is 2.24. The third-order valence-corrected chi connectivity index (χ3v) is 4.77. The van der Waals surface area contributed by atoms with Crippen LogP contribution in [0.15, 0.2) is 29.3 Å². The van der Waals surface area contributed by atoms with Crippen LogP contribution in [-0.4, -0.2) is 11.9 Å². The van der Waals surface area contributed by atoms with Gasteiger partial charge < -0.3 is 15.2 Å². The first-order valence-corrected chi connectivity index (χ1v) is 7.54. The van der Waals surface area contributed by atoms with Gasteiger partial charge in [-0.05, 0) is 57.7 Å². The number of allylic oxidation sites excluding steroid dienone is 2. The average Bonchev–Trinajstić information content (AvgIpc) is 2.46. The summed E-state index contributed by atoms with van der Waals surface area (Å²) >= 11 is 0. The molecule has 0 aliphatic heterocycles. The number of benzene rings is 1. The summed E-state index contributed by atoms with van der Waals surface area (Å²) in [6.07, 6.45) is 0.861. The van der Waals surface area contributed by atoms with E-state index in [0.29, 0.717) is 12.8 Å². The normalized spacial score (nSPS) is 21.6. The first-order valence-electron chi connectivity index (χ1n) is 7.54. The first kappa shape index (κ1) is 16.3. The molecule has 0 heterocycles. The molecule has 0 radical (unpaired) electrons. The van der Waals surface area contributed by atoms with Gasteiger partial charge >= 0.3 is 0 Å². The molecule has 0 bridgehead atoms. The molecule has 0 unspecified atom stereocenters. The zero-order valence-corrected chi connectivity index (χ0v) is 13.5. The summed E-state index contributed by atoms with van der Waals surface area (Å²) in [6.45, 7) is 7.80. The van der Waals surface area contributed by atoms with Gasteiger partial charge in [0.25, 0.3) is 0 Å². The van der Waals surface area contributed by atoms with Gasteiger partial charge in [0.15, 0.2) is 0 Å². The Morgan fingerprint density at radius 3 is 2.23 bits per heavy atom. The fourth-order valence-corrected chi connectivity index (χ4v) is 2.93. The molecule has 118 valence electrons. The highest BCUT2D eigenvalue weighted by Crippen LogP contribution is 2.34. The van der Waals surface area contributed by atoms with Gasteiger partial charge in [-0.1, -0.05) is 23.3 Å². The number of aryl methyl sites for hydroxylation is 1. The molecule has 1 N–H and O–H groups in total. The zero-order chi connectivity index (χ0) is 16.4. The van der Waals surface area contributed by atoms with Crippen LogP contribution in [0.25, 0.3) is 0 Å². The monoisotopic (exact) mass is 300 g/mol. The highest BCUT2D eigenvalue weighted by atomic mass is 16.4. The number of nitrogens with one attached hydrogen (secondary N) is 1. The maximum atomic E-state index is 12.6. The van der Waals surface area contributed by atoms with Crippen LogP contribution >= 0.6 is 0 Å². The van der Waals surface area contributed by atoms with Gasteiger partial charge in [-0.2, -0.15) is 0 Å². The van der Waals surface area contributed by atoms with E-state index in [4.69, 9.17) is 0 Å². The third-order valence-electron chi connectivity index (χ3n) is 4.77. The number of carbonyl (C=O) groups excluding carboxylic acids is 2. The number of rotatable bonds is 3. The summed E-state index contributed by atoms with van der Waals surface area (Å²) < 4.78 is 0. The minimum Gasteiger partial charge on any atom is -0.550 e. The Morgan fingerprint density at radius 2 is 1.64 bits per heavy atom. The van der Waals surface area contributed by atoms with Crippen molar-refractivity contribution in [3.8, 4) is 0 Å². The molecule has 1 aliphatic rings. The SMILES string of the molecule is CC1=C(C)C[C@@H](C(=O)[O-])[C@@H](C(=O)Nc2cccc(C)c2C)C1. The van der Waals surface area contributed by atoms with Crippen molar-refractivity contribution in [1.82, 2.24) is 0 Å². The van der Waals surface area contributed by atoms with Crippen LogP contribution in [0.3, 0.4) is 0 Å². The second kappa shape index (κ2) is 6.34.